The van der Waals surface area contributed by atoms with E-state index >= 15 is 0 Å². The van der Waals surface area contributed by atoms with E-state index in [0.29, 0.717) is 37.6 Å². The second-order valence-electron chi connectivity index (χ2n) is 8.73. The summed E-state index contributed by atoms with van der Waals surface area (Å²) in [6, 6.07) is 12.9. The van der Waals surface area contributed by atoms with Gasteiger partial charge in [-0.3, -0.25) is 9.69 Å². The SMILES string of the molecule is COc1cccc(CC(=O)N2CC(CN3CCOCC3)C(c3cccc(C(F)(F)F)c3)C2)c1. The molecule has 0 bridgehead atoms. The van der Waals surface area contributed by atoms with Crippen molar-refractivity contribution in [2.45, 2.75) is 18.5 Å². The molecule has 5 nitrogen and oxygen atoms in total. The predicted molar refractivity (Wildman–Crippen MR) is 118 cm³/mol. The van der Waals surface area contributed by atoms with Gasteiger partial charge in [0, 0.05) is 38.6 Å². The van der Waals surface area contributed by atoms with Crippen LogP contribution in [-0.4, -0.2) is 68.8 Å². The van der Waals surface area contributed by atoms with Crippen LogP contribution in [0.5, 0.6) is 5.75 Å². The van der Waals surface area contributed by atoms with Crippen molar-refractivity contribution in [3.8, 4) is 5.75 Å². The number of amides is 1. The predicted octanol–water partition coefficient (Wildman–Crippen LogP) is 3.83. The zero-order chi connectivity index (χ0) is 23.4. The molecule has 2 aliphatic heterocycles. The first kappa shape index (κ1) is 23.6. The maximum absolute atomic E-state index is 13.3. The molecule has 33 heavy (non-hydrogen) atoms. The minimum absolute atomic E-state index is 0.0234. The molecule has 0 aromatic heterocycles. The van der Waals surface area contributed by atoms with E-state index in [1.165, 1.54) is 12.1 Å². The summed E-state index contributed by atoms with van der Waals surface area (Å²) in [7, 11) is 1.58. The Morgan fingerprint density at radius 2 is 1.85 bits per heavy atom. The van der Waals surface area contributed by atoms with Gasteiger partial charge in [-0.05, 0) is 35.2 Å². The van der Waals surface area contributed by atoms with Gasteiger partial charge in [0.25, 0.3) is 0 Å². The number of likely N-dealkylation sites (tertiary alicyclic amines) is 1. The number of methoxy groups -OCH3 is 1. The van der Waals surface area contributed by atoms with E-state index in [0.717, 1.165) is 31.3 Å². The summed E-state index contributed by atoms with van der Waals surface area (Å²) in [5.41, 5.74) is 0.845. The Morgan fingerprint density at radius 3 is 2.58 bits per heavy atom. The standard InChI is InChI=1S/C25H29F3N2O3/c1-32-22-7-2-4-18(12-22)13-24(31)30-16-20(15-29-8-10-33-11-9-29)23(17-30)19-5-3-6-21(14-19)25(26,27)28/h2-7,12,14,20,23H,8-11,13,15-17H2,1H3. The van der Waals surface area contributed by atoms with Gasteiger partial charge in [0.2, 0.25) is 5.91 Å². The molecular formula is C25H29F3N2O3. The monoisotopic (exact) mass is 462 g/mol. The zero-order valence-corrected chi connectivity index (χ0v) is 18.7. The topological polar surface area (TPSA) is 42.0 Å². The summed E-state index contributed by atoms with van der Waals surface area (Å²) in [5.74, 6) is 0.573. The lowest BCUT2D eigenvalue weighted by atomic mass is 9.87. The molecular weight excluding hydrogens is 433 g/mol. The van der Waals surface area contributed by atoms with Crippen molar-refractivity contribution in [3.05, 3.63) is 65.2 Å². The van der Waals surface area contributed by atoms with Gasteiger partial charge in [-0.2, -0.15) is 13.2 Å². The first-order valence-electron chi connectivity index (χ1n) is 11.2. The van der Waals surface area contributed by atoms with Crippen LogP contribution in [0.4, 0.5) is 13.2 Å². The third-order valence-corrected chi connectivity index (χ3v) is 6.52. The molecule has 2 heterocycles. The highest BCUT2D eigenvalue weighted by molar-refractivity contribution is 5.79. The quantitative estimate of drug-likeness (QED) is 0.655. The van der Waals surface area contributed by atoms with Crippen LogP contribution < -0.4 is 4.74 Å². The Balaban J connectivity index is 1.53. The number of benzene rings is 2. The summed E-state index contributed by atoms with van der Waals surface area (Å²) in [4.78, 5) is 17.2. The van der Waals surface area contributed by atoms with Crippen molar-refractivity contribution in [3.63, 3.8) is 0 Å². The average Bonchev–Trinajstić information content (AvgIpc) is 3.23. The fraction of sp³-hybridized carbons (Fsp3) is 0.480. The summed E-state index contributed by atoms with van der Waals surface area (Å²) in [6.45, 7) is 4.57. The van der Waals surface area contributed by atoms with Gasteiger partial charge in [0.1, 0.15) is 5.75 Å². The molecule has 2 atom stereocenters. The highest BCUT2D eigenvalue weighted by Crippen LogP contribution is 2.37. The van der Waals surface area contributed by atoms with E-state index < -0.39 is 11.7 Å². The number of carbonyl (C=O) groups is 1. The molecule has 4 rings (SSSR count). The van der Waals surface area contributed by atoms with Crippen LogP contribution in [0.1, 0.15) is 22.6 Å². The number of hydrogen-bond acceptors (Lipinski definition) is 4. The van der Waals surface area contributed by atoms with Crippen molar-refractivity contribution >= 4 is 5.91 Å². The molecule has 0 aliphatic carbocycles. The van der Waals surface area contributed by atoms with E-state index in [4.69, 9.17) is 9.47 Å². The first-order chi connectivity index (χ1) is 15.8. The Bertz CT molecular complexity index is 960. The van der Waals surface area contributed by atoms with Crippen molar-refractivity contribution in [2.75, 3.05) is 53.0 Å². The van der Waals surface area contributed by atoms with Crippen LogP contribution in [0, 0.1) is 5.92 Å². The molecule has 2 saturated heterocycles. The van der Waals surface area contributed by atoms with Crippen LogP contribution in [0.2, 0.25) is 0 Å². The number of carbonyl (C=O) groups excluding carboxylic acids is 1. The van der Waals surface area contributed by atoms with E-state index in [-0.39, 0.29) is 24.2 Å². The normalized spacial score (nSPS) is 21.9. The highest BCUT2D eigenvalue weighted by atomic mass is 19.4. The average molecular weight is 463 g/mol. The molecule has 0 spiro atoms. The van der Waals surface area contributed by atoms with Gasteiger partial charge < -0.3 is 14.4 Å². The van der Waals surface area contributed by atoms with Crippen LogP contribution >= 0.6 is 0 Å². The molecule has 0 N–H and O–H groups in total. The third-order valence-electron chi connectivity index (χ3n) is 6.52. The summed E-state index contributed by atoms with van der Waals surface area (Å²) in [5, 5.41) is 0. The third kappa shape index (κ3) is 5.86. The van der Waals surface area contributed by atoms with Crippen molar-refractivity contribution in [1.82, 2.24) is 9.80 Å². The molecule has 0 radical (unpaired) electrons. The Hall–Kier alpha value is -2.58. The van der Waals surface area contributed by atoms with E-state index in [9.17, 15) is 18.0 Å². The summed E-state index contributed by atoms with van der Waals surface area (Å²) in [6.07, 6.45) is -4.16. The molecule has 2 aromatic rings. The largest absolute Gasteiger partial charge is 0.497 e. The van der Waals surface area contributed by atoms with Gasteiger partial charge in [-0.25, -0.2) is 0 Å². The number of morpholine rings is 1. The molecule has 8 heteroatoms. The highest BCUT2D eigenvalue weighted by Gasteiger charge is 2.38. The summed E-state index contributed by atoms with van der Waals surface area (Å²) >= 11 is 0. The van der Waals surface area contributed by atoms with Gasteiger partial charge in [-0.15, -0.1) is 0 Å². The maximum atomic E-state index is 13.3. The number of nitrogens with zero attached hydrogens (tertiary/aromatic N) is 2. The molecule has 2 aromatic carbocycles. The van der Waals surface area contributed by atoms with Gasteiger partial charge in [0.15, 0.2) is 0 Å². The Labute approximate surface area is 192 Å². The van der Waals surface area contributed by atoms with E-state index in [2.05, 4.69) is 4.90 Å². The summed E-state index contributed by atoms with van der Waals surface area (Å²) < 4.78 is 50.7. The fourth-order valence-corrected chi connectivity index (χ4v) is 4.77. The lowest BCUT2D eigenvalue weighted by molar-refractivity contribution is -0.137. The van der Waals surface area contributed by atoms with E-state index in [1.807, 2.05) is 24.3 Å². The van der Waals surface area contributed by atoms with Crippen molar-refractivity contribution < 1.29 is 27.4 Å². The van der Waals surface area contributed by atoms with Crippen LogP contribution in [0.3, 0.4) is 0 Å². The van der Waals surface area contributed by atoms with Crippen LogP contribution in [-0.2, 0) is 22.1 Å². The minimum Gasteiger partial charge on any atom is -0.497 e. The number of hydrogen-bond donors (Lipinski definition) is 0. The molecule has 2 aliphatic rings. The molecule has 2 fully saturated rings. The smallest absolute Gasteiger partial charge is 0.416 e. The molecule has 0 saturated carbocycles. The maximum Gasteiger partial charge on any atom is 0.416 e. The Kier molecular flexibility index (Phi) is 7.24. The van der Waals surface area contributed by atoms with Gasteiger partial charge >= 0.3 is 6.18 Å². The lowest BCUT2D eigenvalue weighted by Crippen LogP contribution is -2.41. The Morgan fingerprint density at radius 1 is 1.09 bits per heavy atom. The second kappa shape index (κ2) is 10.1. The van der Waals surface area contributed by atoms with E-state index in [1.54, 1.807) is 18.1 Å². The fourth-order valence-electron chi connectivity index (χ4n) is 4.77. The second-order valence-corrected chi connectivity index (χ2v) is 8.73. The lowest BCUT2D eigenvalue weighted by Gasteiger charge is -2.31. The number of halogens is 3. The zero-order valence-electron chi connectivity index (χ0n) is 18.7. The number of ether oxygens (including phenoxy) is 2. The van der Waals surface area contributed by atoms with Gasteiger partial charge in [-0.1, -0.05) is 30.3 Å². The van der Waals surface area contributed by atoms with Crippen LogP contribution in [0.15, 0.2) is 48.5 Å². The van der Waals surface area contributed by atoms with Crippen LogP contribution in [0.25, 0.3) is 0 Å². The van der Waals surface area contributed by atoms with Crippen molar-refractivity contribution in [1.29, 1.82) is 0 Å². The van der Waals surface area contributed by atoms with Gasteiger partial charge in [0.05, 0.1) is 32.3 Å². The first-order valence-corrected chi connectivity index (χ1v) is 11.2. The molecule has 178 valence electrons. The number of alkyl halides is 3. The minimum atomic E-state index is -4.39. The number of rotatable bonds is 6. The molecule has 2 unspecified atom stereocenters. The van der Waals surface area contributed by atoms with Crippen molar-refractivity contribution in [2.24, 2.45) is 5.92 Å². The molecule has 1 amide bonds.